The van der Waals surface area contributed by atoms with Gasteiger partial charge in [-0.3, -0.25) is 4.79 Å². The molecule has 1 N–H and O–H groups in total. The van der Waals surface area contributed by atoms with Gasteiger partial charge in [-0.2, -0.15) is 0 Å². The summed E-state index contributed by atoms with van der Waals surface area (Å²) in [5.41, 5.74) is 6.18. The second-order valence-electron chi connectivity index (χ2n) is 4.34. The number of hydrogen-bond donors (Lipinski definition) is 1. The Labute approximate surface area is 86.4 Å². The second-order valence-corrected chi connectivity index (χ2v) is 4.34. The highest BCUT2D eigenvalue weighted by Crippen LogP contribution is 2.12. The van der Waals surface area contributed by atoms with E-state index in [-0.39, 0.29) is 11.3 Å². The molecule has 0 heterocycles. The molecular formula is C12H19NO. The maximum absolute atomic E-state index is 11.4. The van der Waals surface area contributed by atoms with Gasteiger partial charge in [-0.05, 0) is 25.5 Å². The van der Waals surface area contributed by atoms with Gasteiger partial charge in [0.25, 0.3) is 0 Å². The molecule has 0 fully saturated rings. The fourth-order valence-corrected chi connectivity index (χ4v) is 0.842. The average molecular weight is 193 g/mol. The number of rotatable bonds is 3. The molecule has 14 heavy (non-hydrogen) atoms. The number of hydrogen-bond acceptors (Lipinski definition) is 1. The van der Waals surface area contributed by atoms with Gasteiger partial charge < -0.3 is 5.32 Å². The largest absolute Gasteiger partial charge is 0.355 e. The van der Waals surface area contributed by atoms with Crippen LogP contribution in [0.25, 0.3) is 0 Å². The van der Waals surface area contributed by atoms with Crippen LogP contribution < -0.4 is 5.32 Å². The van der Waals surface area contributed by atoms with Gasteiger partial charge in [-0.25, -0.2) is 0 Å². The Bertz CT molecular complexity index is 284. The van der Waals surface area contributed by atoms with Gasteiger partial charge in [-0.1, -0.05) is 32.2 Å². The molecule has 0 aliphatic rings. The molecule has 0 atom stereocenters. The Kier molecular flexibility index (Phi) is 5.01. The van der Waals surface area contributed by atoms with E-state index in [1.54, 1.807) is 0 Å². The predicted octanol–water partition coefficient (Wildman–Crippen LogP) is 2.43. The minimum absolute atomic E-state index is 0.0767. The Morgan fingerprint density at radius 3 is 2.43 bits per heavy atom. The number of carbonyl (C=O) groups excluding carboxylic acids is 1. The van der Waals surface area contributed by atoms with Crippen LogP contribution in [0.15, 0.2) is 23.6 Å². The van der Waals surface area contributed by atoms with Crippen molar-refractivity contribution in [1.29, 1.82) is 0 Å². The predicted molar refractivity (Wildman–Crippen MR) is 58.9 cm³/mol. The number of nitrogens with one attached hydrogen (secondary N) is 1. The molecular weight excluding hydrogens is 174 g/mol. The Hall–Kier alpha value is -1.23. The molecule has 0 unspecified atom stereocenters. The summed E-state index contributed by atoms with van der Waals surface area (Å²) in [6.45, 7) is 11.7. The molecule has 0 bridgehead atoms. The summed E-state index contributed by atoms with van der Waals surface area (Å²) < 4.78 is 0. The summed E-state index contributed by atoms with van der Waals surface area (Å²) in [6.07, 6.45) is 0.796. The first kappa shape index (κ1) is 12.8. The summed E-state index contributed by atoms with van der Waals surface area (Å²) in [7, 11) is 0. The van der Waals surface area contributed by atoms with Gasteiger partial charge in [0.1, 0.15) is 0 Å². The van der Waals surface area contributed by atoms with Gasteiger partial charge in [0.05, 0.1) is 0 Å². The van der Waals surface area contributed by atoms with Gasteiger partial charge in [0.15, 0.2) is 0 Å². The lowest BCUT2D eigenvalue weighted by Crippen LogP contribution is -2.35. The standard InChI is InChI=1S/C12H19NO/c1-6-7-10(2)8-9-13-11(14)12(3,4)5/h1,8-9H2,2-5H3,(H,13,14). The zero-order valence-corrected chi connectivity index (χ0v) is 9.53. The normalized spacial score (nSPS) is 10.0. The van der Waals surface area contributed by atoms with Crippen molar-refractivity contribution in [3.8, 4) is 0 Å². The monoisotopic (exact) mass is 193 g/mol. The van der Waals surface area contributed by atoms with Crippen molar-refractivity contribution < 1.29 is 4.79 Å². The molecule has 0 aliphatic carbocycles. The van der Waals surface area contributed by atoms with E-state index < -0.39 is 0 Å². The highest BCUT2D eigenvalue weighted by molar-refractivity contribution is 5.81. The minimum atomic E-state index is -0.314. The third-order valence-corrected chi connectivity index (χ3v) is 1.77. The van der Waals surface area contributed by atoms with Crippen LogP contribution >= 0.6 is 0 Å². The summed E-state index contributed by atoms with van der Waals surface area (Å²) in [5, 5.41) is 2.86. The maximum atomic E-state index is 11.4. The van der Waals surface area contributed by atoms with E-state index in [0.29, 0.717) is 6.54 Å². The zero-order valence-electron chi connectivity index (χ0n) is 9.53. The fourth-order valence-electron chi connectivity index (χ4n) is 0.842. The maximum Gasteiger partial charge on any atom is 0.225 e. The summed E-state index contributed by atoms with van der Waals surface area (Å²) >= 11 is 0. The van der Waals surface area contributed by atoms with Crippen molar-refractivity contribution >= 4 is 5.91 Å². The molecule has 0 spiro atoms. The average Bonchev–Trinajstić information content (AvgIpc) is 2.02. The number of carbonyl (C=O) groups is 1. The lowest BCUT2D eigenvalue weighted by molar-refractivity contribution is -0.128. The molecule has 78 valence electrons. The lowest BCUT2D eigenvalue weighted by Gasteiger charge is -2.17. The van der Waals surface area contributed by atoms with Gasteiger partial charge in [0, 0.05) is 12.0 Å². The SMILES string of the molecule is C=C=C=C(C)CCNC(=O)C(C)(C)C. The van der Waals surface area contributed by atoms with Crippen molar-refractivity contribution in [3.05, 3.63) is 23.6 Å². The van der Waals surface area contributed by atoms with Gasteiger partial charge in [-0.15, -0.1) is 0 Å². The Morgan fingerprint density at radius 2 is 2.00 bits per heavy atom. The zero-order chi connectivity index (χ0) is 11.2. The van der Waals surface area contributed by atoms with E-state index in [4.69, 9.17) is 0 Å². The van der Waals surface area contributed by atoms with Crippen LogP contribution in [-0.4, -0.2) is 12.5 Å². The third-order valence-electron chi connectivity index (χ3n) is 1.77. The molecule has 0 aliphatic heterocycles. The van der Waals surface area contributed by atoms with Crippen LogP contribution in [0.1, 0.15) is 34.1 Å². The van der Waals surface area contributed by atoms with Crippen LogP contribution in [0, 0.1) is 5.41 Å². The van der Waals surface area contributed by atoms with Crippen molar-refractivity contribution in [1.82, 2.24) is 5.32 Å². The van der Waals surface area contributed by atoms with Crippen LogP contribution in [0.5, 0.6) is 0 Å². The van der Waals surface area contributed by atoms with Crippen LogP contribution in [0.4, 0.5) is 0 Å². The third kappa shape index (κ3) is 5.42. The minimum Gasteiger partial charge on any atom is -0.355 e. The van der Waals surface area contributed by atoms with Crippen LogP contribution in [0.3, 0.4) is 0 Å². The summed E-state index contributed by atoms with van der Waals surface area (Å²) in [5.74, 6) is 0.0767. The number of amides is 1. The molecule has 2 nitrogen and oxygen atoms in total. The summed E-state index contributed by atoms with van der Waals surface area (Å²) in [4.78, 5) is 11.4. The van der Waals surface area contributed by atoms with Crippen LogP contribution in [0.2, 0.25) is 0 Å². The molecule has 1 amide bonds. The van der Waals surface area contributed by atoms with E-state index in [0.717, 1.165) is 12.0 Å². The molecule has 0 rings (SSSR count). The molecule has 0 aromatic carbocycles. The topological polar surface area (TPSA) is 29.1 Å². The first-order chi connectivity index (χ1) is 6.38. The van der Waals surface area contributed by atoms with E-state index in [2.05, 4.69) is 23.4 Å². The molecule has 0 radical (unpaired) electrons. The van der Waals surface area contributed by atoms with E-state index in [9.17, 15) is 4.79 Å². The quantitative estimate of drug-likeness (QED) is 0.685. The van der Waals surface area contributed by atoms with Crippen molar-refractivity contribution in [2.75, 3.05) is 6.54 Å². The van der Waals surface area contributed by atoms with Crippen molar-refractivity contribution in [3.63, 3.8) is 0 Å². The molecule has 0 aromatic heterocycles. The lowest BCUT2D eigenvalue weighted by atomic mass is 9.96. The highest BCUT2D eigenvalue weighted by atomic mass is 16.2. The van der Waals surface area contributed by atoms with E-state index >= 15 is 0 Å². The molecule has 0 saturated carbocycles. The van der Waals surface area contributed by atoms with Gasteiger partial charge in [0.2, 0.25) is 5.91 Å². The molecule has 0 saturated heterocycles. The van der Waals surface area contributed by atoms with Crippen LogP contribution in [-0.2, 0) is 4.79 Å². The fraction of sp³-hybridized carbons (Fsp3) is 0.583. The summed E-state index contributed by atoms with van der Waals surface area (Å²) in [6, 6.07) is 0. The molecule has 2 heteroatoms. The van der Waals surface area contributed by atoms with Crippen molar-refractivity contribution in [2.24, 2.45) is 5.41 Å². The highest BCUT2D eigenvalue weighted by Gasteiger charge is 2.19. The molecule has 0 aromatic rings. The first-order valence-corrected chi connectivity index (χ1v) is 4.76. The smallest absolute Gasteiger partial charge is 0.225 e. The van der Waals surface area contributed by atoms with E-state index in [1.807, 2.05) is 27.7 Å². The Balaban J connectivity index is 3.94. The first-order valence-electron chi connectivity index (χ1n) is 4.76. The van der Waals surface area contributed by atoms with Crippen molar-refractivity contribution in [2.45, 2.75) is 34.1 Å². The van der Waals surface area contributed by atoms with E-state index in [1.165, 1.54) is 0 Å². The second kappa shape index (κ2) is 5.49. The van der Waals surface area contributed by atoms with Gasteiger partial charge >= 0.3 is 0 Å². The Morgan fingerprint density at radius 1 is 1.43 bits per heavy atom.